The van der Waals surface area contributed by atoms with Crippen molar-refractivity contribution in [3.8, 4) is 17.2 Å². The summed E-state index contributed by atoms with van der Waals surface area (Å²) in [6, 6.07) is 27.3. The van der Waals surface area contributed by atoms with Crippen LogP contribution in [-0.2, 0) is 22.6 Å². The van der Waals surface area contributed by atoms with E-state index in [-0.39, 0.29) is 24.8 Å². The fraction of sp³-hybridized carbons (Fsp3) is 0.257. The maximum absolute atomic E-state index is 14.3. The van der Waals surface area contributed by atoms with Crippen LogP contribution < -0.4 is 24.4 Å². The molecular weight excluding hydrogens is 542 g/mol. The van der Waals surface area contributed by atoms with Crippen LogP contribution in [0.1, 0.15) is 28.3 Å². The summed E-state index contributed by atoms with van der Waals surface area (Å²) >= 11 is 0. The van der Waals surface area contributed by atoms with Crippen molar-refractivity contribution in [2.24, 2.45) is 0 Å². The van der Waals surface area contributed by atoms with Crippen LogP contribution in [0.4, 0.5) is 11.4 Å². The maximum Gasteiger partial charge on any atom is 0.251 e. The Bertz CT molecular complexity index is 1510. The summed E-state index contributed by atoms with van der Waals surface area (Å²) in [6.07, 6.45) is 0.123. The first-order valence-corrected chi connectivity index (χ1v) is 14.0. The topological polar surface area (TPSA) is 80.3 Å². The van der Waals surface area contributed by atoms with Crippen molar-refractivity contribution in [1.82, 2.24) is 4.90 Å². The molecule has 0 aliphatic heterocycles. The molecule has 43 heavy (non-hydrogen) atoms. The van der Waals surface area contributed by atoms with Gasteiger partial charge in [-0.15, -0.1) is 0 Å². The molecule has 1 N–H and O–H groups in total. The normalized spacial score (nSPS) is 11.3. The fourth-order valence-electron chi connectivity index (χ4n) is 4.95. The second-order valence-corrected chi connectivity index (χ2v) is 10.4. The van der Waals surface area contributed by atoms with Gasteiger partial charge in [0.1, 0.15) is 6.04 Å². The number of methoxy groups -OCH3 is 3. The van der Waals surface area contributed by atoms with E-state index in [4.69, 9.17) is 14.2 Å². The van der Waals surface area contributed by atoms with E-state index in [0.29, 0.717) is 28.5 Å². The van der Waals surface area contributed by atoms with Gasteiger partial charge >= 0.3 is 0 Å². The first kappa shape index (κ1) is 31.0. The van der Waals surface area contributed by atoms with Gasteiger partial charge in [0.05, 0.1) is 27.8 Å². The number of rotatable bonds is 12. The molecule has 8 nitrogen and oxygen atoms in total. The molecule has 1 unspecified atom stereocenters. The monoisotopic (exact) mass is 581 g/mol. The number of aryl methyl sites for hydroxylation is 1. The highest BCUT2D eigenvalue weighted by molar-refractivity contribution is 5.98. The van der Waals surface area contributed by atoms with Crippen LogP contribution >= 0.6 is 0 Å². The minimum atomic E-state index is -1.03. The van der Waals surface area contributed by atoms with Gasteiger partial charge in [-0.05, 0) is 65.6 Å². The van der Waals surface area contributed by atoms with Gasteiger partial charge in [0.15, 0.2) is 11.5 Å². The summed E-state index contributed by atoms with van der Waals surface area (Å²) in [7, 11) is 8.48. The highest BCUT2D eigenvalue weighted by Crippen LogP contribution is 2.41. The van der Waals surface area contributed by atoms with E-state index < -0.39 is 6.04 Å². The van der Waals surface area contributed by atoms with Gasteiger partial charge < -0.3 is 29.3 Å². The minimum Gasteiger partial charge on any atom is -0.493 e. The van der Waals surface area contributed by atoms with Crippen LogP contribution in [-0.4, -0.2) is 52.1 Å². The molecule has 0 spiro atoms. The van der Waals surface area contributed by atoms with Gasteiger partial charge in [-0.2, -0.15) is 0 Å². The van der Waals surface area contributed by atoms with Crippen molar-refractivity contribution >= 4 is 23.2 Å². The number of nitrogens with one attached hydrogen (secondary N) is 1. The van der Waals surface area contributed by atoms with Crippen molar-refractivity contribution < 1.29 is 23.8 Å². The van der Waals surface area contributed by atoms with E-state index in [9.17, 15) is 9.59 Å². The second kappa shape index (κ2) is 14.3. The third-order valence-electron chi connectivity index (χ3n) is 7.33. The summed E-state index contributed by atoms with van der Waals surface area (Å²) in [4.78, 5) is 32.1. The van der Waals surface area contributed by atoms with Crippen LogP contribution in [0.5, 0.6) is 17.2 Å². The average molecular weight is 582 g/mol. The highest BCUT2D eigenvalue weighted by Gasteiger charge is 2.34. The van der Waals surface area contributed by atoms with Crippen LogP contribution in [0.25, 0.3) is 0 Å². The number of hydrogen-bond acceptors (Lipinski definition) is 6. The number of benzene rings is 4. The molecule has 4 aromatic carbocycles. The van der Waals surface area contributed by atoms with Crippen molar-refractivity contribution in [3.05, 3.63) is 113 Å². The first-order chi connectivity index (χ1) is 20.7. The van der Waals surface area contributed by atoms with Crippen LogP contribution in [0.15, 0.2) is 91.0 Å². The predicted molar refractivity (Wildman–Crippen MR) is 170 cm³/mol. The zero-order valence-corrected chi connectivity index (χ0v) is 25.6. The molecule has 2 amide bonds. The Morgan fingerprint density at radius 2 is 1.40 bits per heavy atom. The summed E-state index contributed by atoms with van der Waals surface area (Å²) < 4.78 is 16.8. The van der Waals surface area contributed by atoms with E-state index in [1.54, 1.807) is 17.0 Å². The smallest absolute Gasteiger partial charge is 0.251 e. The standard InChI is InChI=1S/C35H39N3O5/c1-24-12-10-11-15-26(24)23-38(32(39)20-25-13-8-7-9-14-25)33(27-21-30(41-4)34(43-6)31(22-27)42-5)35(40)36-28-16-18-29(19-17-28)37(2)3/h7-19,21-22,33H,20,23H2,1-6H3,(H,36,40). The molecule has 0 aliphatic rings. The number of nitrogens with zero attached hydrogens (tertiary/aromatic N) is 2. The molecule has 0 aliphatic carbocycles. The van der Waals surface area contributed by atoms with Crippen molar-refractivity contribution in [3.63, 3.8) is 0 Å². The van der Waals surface area contributed by atoms with E-state index in [2.05, 4.69) is 5.32 Å². The Kier molecular flexibility index (Phi) is 10.3. The number of carbonyl (C=O) groups is 2. The molecule has 0 fully saturated rings. The molecule has 4 aromatic rings. The molecule has 0 bridgehead atoms. The highest BCUT2D eigenvalue weighted by atomic mass is 16.5. The van der Waals surface area contributed by atoms with Crippen LogP contribution in [0.2, 0.25) is 0 Å². The number of hydrogen-bond donors (Lipinski definition) is 1. The molecule has 0 aromatic heterocycles. The van der Waals surface area contributed by atoms with E-state index in [1.165, 1.54) is 21.3 Å². The number of carbonyl (C=O) groups excluding carboxylic acids is 2. The van der Waals surface area contributed by atoms with Gasteiger partial charge in [0.25, 0.3) is 5.91 Å². The largest absolute Gasteiger partial charge is 0.493 e. The van der Waals surface area contributed by atoms with E-state index in [0.717, 1.165) is 22.4 Å². The average Bonchev–Trinajstić information content (AvgIpc) is 3.01. The van der Waals surface area contributed by atoms with Gasteiger partial charge in [0.2, 0.25) is 11.7 Å². The minimum absolute atomic E-state index is 0.123. The van der Waals surface area contributed by atoms with Crippen molar-refractivity contribution in [2.45, 2.75) is 25.9 Å². The number of anilines is 2. The fourth-order valence-corrected chi connectivity index (χ4v) is 4.95. The summed E-state index contributed by atoms with van der Waals surface area (Å²) in [5.41, 5.74) is 4.93. The Morgan fingerprint density at radius 3 is 1.95 bits per heavy atom. The van der Waals surface area contributed by atoms with Crippen LogP contribution in [0, 0.1) is 6.92 Å². The second-order valence-electron chi connectivity index (χ2n) is 10.4. The van der Waals surface area contributed by atoms with Gasteiger partial charge in [-0.25, -0.2) is 0 Å². The zero-order valence-electron chi connectivity index (χ0n) is 25.6. The third kappa shape index (κ3) is 7.46. The van der Waals surface area contributed by atoms with Gasteiger partial charge in [-0.1, -0.05) is 54.6 Å². The lowest BCUT2D eigenvalue weighted by molar-refractivity contribution is -0.139. The third-order valence-corrected chi connectivity index (χ3v) is 7.33. The van der Waals surface area contributed by atoms with E-state index >= 15 is 0 Å². The summed E-state index contributed by atoms with van der Waals surface area (Å²) in [6.45, 7) is 2.21. The van der Waals surface area contributed by atoms with E-state index in [1.807, 2.05) is 105 Å². The lowest BCUT2D eigenvalue weighted by Crippen LogP contribution is -2.41. The Morgan fingerprint density at radius 1 is 0.791 bits per heavy atom. The molecular formula is C35H39N3O5. The Balaban J connectivity index is 1.85. The molecule has 4 rings (SSSR count). The zero-order chi connectivity index (χ0) is 30.9. The quantitative estimate of drug-likeness (QED) is 0.220. The number of ether oxygens (including phenoxy) is 3. The summed E-state index contributed by atoms with van der Waals surface area (Å²) in [5.74, 6) is 0.592. The molecule has 224 valence electrons. The molecule has 1 atom stereocenters. The first-order valence-electron chi connectivity index (χ1n) is 14.0. The van der Waals surface area contributed by atoms with Gasteiger partial charge in [-0.3, -0.25) is 9.59 Å². The molecule has 0 saturated heterocycles. The molecule has 0 saturated carbocycles. The van der Waals surface area contributed by atoms with Gasteiger partial charge in [0, 0.05) is 32.0 Å². The molecule has 0 radical (unpaired) electrons. The summed E-state index contributed by atoms with van der Waals surface area (Å²) in [5, 5.41) is 3.05. The molecule has 0 heterocycles. The SMILES string of the molecule is COc1cc(C(C(=O)Nc2ccc(N(C)C)cc2)N(Cc2ccccc2C)C(=O)Cc2ccccc2)cc(OC)c1OC. The van der Waals surface area contributed by atoms with Crippen LogP contribution in [0.3, 0.4) is 0 Å². The Labute approximate surface area is 253 Å². The van der Waals surface area contributed by atoms with Crippen molar-refractivity contribution in [2.75, 3.05) is 45.6 Å². The lowest BCUT2D eigenvalue weighted by atomic mass is 9.99. The lowest BCUT2D eigenvalue weighted by Gasteiger charge is -2.33. The number of amides is 2. The van der Waals surface area contributed by atoms with Crippen molar-refractivity contribution in [1.29, 1.82) is 0 Å². The molecule has 8 heteroatoms. The Hall–Kier alpha value is -4.98. The maximum atomic E-state index is 14.3. The predicted octanol–water partition coefficient (Wildman–Crippen LogP) is 6.04.